The lowest BCUT2D eigenvalue weighted by molar-refractivity contribution is 0.0991. The van der Waals surface area contributed by atoms with Gasteiger partial charge in [-0.05, 0) is 31.4 Å². The van der Waals surface area contributed by atoms with Crippen LogP contribution in [0.25, 0.3) is 5.69 Å². The minimum atomic E-state index is -0.121. The van der Waals surface area contributed by atoms with Crippen LogP contribution in [0.3, 0.4) is 0 Å². The molecule has 100 valence electrons. The molecule has 1 saturated heterocycles. The first-order valence-electron chi connectivity index (χ1n) is 6.51. The lowest BCUT2D eigenvalue weighted by atomic mass is 10.2. The Morgan fingerprint density at radius 1 is 1.37 bits per heavy atom. The average molecular weight is 260 g/mol. The summed E-state index contributed by atoms with van der Waals surface area (Å²) >= 11 is 0. The summed E-state index contributed by atoms with van der Waals surface area (Å²) in [6.07, 6.45) is 8.18. The monoisotopic (exact) mass is 260 g/mol. The van der Waals surface area contributed by atoms with Gasteiger partial charge in [0.2, 0.25) is 0 Å². The van der Waals surface area contributed by atoms with E-state index in [0.717, 1.165) is 31.6 Å². The number of ether oxygens (including phenoxy) is 1. The number of rotatable bonds is 4. The van der Waals surface area contributed by atoms with Gasteiger partial charge in [-0.15, -0.1) is 0 Å². The third kappa shape index (κ3) is 2.58. The quantitative estimate of drug-likeness (QED) is 0.822. The summed E-state index contributed by atoms with van der Waals surface area (Å²) in [4.78, 5) is 16.1. The third-order valence-corrected chi connectivity index (χ3v) is 3.36. The van der Waals surface area contributed by atoms with E-state index >= 15 is 0 Å². The number of aromatic nitrogens is 4. The summed E-state index contributed by atoms with van der Waals surface area (Å²) in [5.74, 6) is 0. The van der Waals surface area contributed by atoms with Crippen molar-refractivity contribution in [2.24, 2.45) is 0 Å². The van der Waals surface area contributed by atoms with E-state index in [4.69, 9.17) is 4.74 Å². The molecule has 0 N–H and O–H groups in total. The van der Waals surface area contributed by atoms with Crippen molar-refractivity contribution in [2.45, 2.75) is 31.9 Å². The molecule has 0 radical (unpaired) electrons. The molecule has 2 aromatic heterocycles. The van der Waals surface area contributed by atoms with Crippen LogP contribution in [0.4, 0.5) is 0 Å². The smallest absolute Gasteiger partial charge is 0.350 e. The summed E-state index contributed by atoms with van der Waals surface area (Å²) in [7, 11) is 0. The Labute approximate surface area is 110 Å². The van der Waals surface area contributed by atoms with Gasteiger partial charge >= 0.3 is 5.69 Å². The van der Waals surface area contributed by atoms with Crippen molar-refractivity contribution in [1.29, 1.82) is 0 Å². The number of hydrogen-bond acceptors (Lipinski definition) is 4. The first kappa shape index (κ1) is 12.1. The van der Waals surface area contributed by atoms with E-state index in [9.17, 15) is 4.79 Å². The fourth-order valence-electron chi connectivity index (χ4n) is 2.31. The molecule has 1 atom stereocenters. The number of pyridine rings is 1. The molecule has 0 aliphatic carbocycles. The largest absolute Gasteiger partial charge is 0.378 e. The van der Waals surface area contributed by atoms with Crippen LogP contribution >= 0.6 is 0 Å². The Bertz CT molecular complexity index is 584. The summed E-state index contributed by atoms with van der Waals surface area (Å²) in [5.41, 5.74) is 0.660. The maximum atomic E-state index is 12.2. The van der Waals surface area contributed by atoms with Crippen LogP contribution in [0.2, 0.25) is 0 Å². The molecule has 1 fully saturated rings. The summed E-state index contributed by atoms with van der Waals surface area (Å²) in [6.45, 7) is 1.44. The van der Waals surface area contributed by atoms with Gasteiger partial charge in [0.15, 0.2) is 0 Å². The minimum Gasteiger partial charge on any atom is -0.378 e. The molecule has 0 unspecified atom stereocenters. The highest BCUT2D eigenvalue weighted by Crippen LogP contribution is 2.15. The van der Waals surface area contributed by atoms with Crippen LogP contribution in [-0.2, 0) is 11.3 Å². The Kier molecular flexibility index (Phi) is 3.41. The van der Waals surface area contributed by atoms with Crippen molar-refractivity contribution in [1.82, 2.24) is 19.3 Å². The highest BCUT2D eigenvalue weighted by Gasteiger charge is 2.16. The number of hydrogen-bond donors (Lipinski definition) is 0. The predicted molar refractivity (Wildman–Crippen MR) is 69.2 cm³/mol. The lowest BCUT2D eigenvalue weighted by Crippen LogP contribution is -2.25. The lowest BCUT2D eigenvalue weighted by Gasteiger charge is -2.07. The Hall–Kier alpha value is -1.95. The standard InChI is InChI=1S/C13H16N4O2/c18-13-16(11-3-6-14-7-4-11)10-15-17(13)8-5-12-2-1-9-19-12/h3-4,6-7,10,12H,1-2,5,8-9H2/t12-/m0/s1. The second-order valence-electron chi connectivity index (χ2n) is 4.64. The fraction of sp³-hybridized carbons (Fsp3) is 0.462. The highest BCUT2D eigenvalue weighted by molar-refractivity contribution is 5.27. The Morgan fingerprint density at radius 2 is 2.21 bits per heavy atom. The van der Waals surface area contributed by atoms with Gasteiger partial charge in [0.05, 0.1) is 11.8 Å². The zero-order valence-corrected chi connectivity index (χ0v) is 10.6. The van der Waals surface area contributed by atoms with Crippen LogP contribution in [0.15, 0.2) is 35.6 Å². The van der Waals surface area contributed by atoms with E-state index in [1.807, 2.05) is 0 Å². The van der Waals surface area contributed by atoms with Gasteiger partial charge in [0.1, 0.15) is 6.33 Å². The Morgan fingerprint density at radius 3 is 2.95 bits per heavy atom. The van der Waals surface area contributed by atoms with Crippen molar-refractivity contribution in [3.63, 3.8) is 0 Å². The molecule has 1 aliphatic rings. The van der Waals surface area contributed by atoms with Gasteiger partial charge in [0, 0.05) is 25.5 Å². The zero-order chi connectivity index (χ0) is 13.1. The van der Waals surface area contributed by atoms with Gasteiger partial charge in [-0.3, -0.25) is 4.98 Å². The molecule has 0 bridgehead atoms. The van der Waals surface area contributed by atoms with Crippen molar-refractivity contribution >= 4 is 0 Å². The third-order valence-electron chi connectivity index (χ3n) is 3.36. The maximum Gasteiger partial charge on any atom is 0.350 e. The molecule has 3 heterocycles. The van der Waals surface area contributed by atoms with Crippen molar-refractivity contribution in [3.8, 4) is 5.69 Å². The SMILES string of the molecule is O=c1n(-c2ccncc2)cnn1CC[C@@H]1CCCO1. The van der Waals surface area contributed by atoms with Crippen LogP contribution in [0.5, 0.6) is 0 Å². The maximum absolute atomic E-state index is 12.2. The van der Waals surface area contributed by atoms with E-state index < -0.39 is 0 Å². The second kappa shape index (κ2) is 5.36. The first-order chi connectivity index (χ1) is 9.34. The predicted octanol–water partition coefficient (Wildman–Crippen LogP) is 0.998. The molecule has 0 spiro atoms. The number of aryl methyl sites for hydroxylation is 1. The van der Waals surface area contributed by atoms with Crippen molar-refractivity contribution in [2.75, 3.05) is 6.61 Å². The molecule has 6 nitrogen and oxygen atoms in total. The van der Waals surface area contributed by atoms with Gasteiger partial charge in [-0.25, -0.2) is 14.0 Å². The zero-order valence-electron chi connectivity index (χ0n) is 10.6. The fourth-order valence-corrected chi connectivity index (χ4v) is 2.31. The van der Waals surface area contributed by atoms with Crippen molar-refractivity contribution in [3.05, 3.63) is 41.3 Å². The van der Waals surface area contributed by atoms with Crippen LogP contribution in [-0.4, -0.2) is 32.0 Å². The molecule has 0 saturated carbocycles. The molecule has 0 amide bonds. The van der Waals surface area contributed by atoms with Gasteiger partial charge in [0.25, 0.3) is 0 Å². The van der Waals surface area contributed by atoms with Gasteiger partial charge in [-0.2, -0.15) is 5.10 Å². The molecule has 3 rings (SSSR count). The van der Waals surface area contributed by atoms with E-state index in [1.54, 1.807) is 30.9 Å². The molecule has 2 aromatic rings. The average Bonchev–Trinajstić information content (AvgIpc) is 3.07. The number of nitrogens with zero attached hydrogens (tertiary/aromatic N) is 4. The minimum absolute atomic E-state index is 0.121. The van der Waals surface area contributed by atoms with Crippen molar-refractivity contribution < 1.29 is 4.74 Å². The molecule has 19 heavy (non-hydrogen) atoms. The summed E-state index contributed by atoms with van der Waals surface area (Å²) < 4.78 is 8.56. The molecule has 6 heteroatoms. The summed E-state index contributed by atoms with van der Waals surface area (Å²) in [6, 6.07) is 3.57. The molecular weight excluding hydrogens is 244 g/mol. The van der Waals surface area contributed by atoms with Crippen LogP contribution in [0, 0.1) is 0 Å². The van der Waals surface area contributed by atoms with Crippen LogP contribution in [0.1, 0.15) is 19.3 Å². The van der Waals surface area contributed by atoms with E-state index in [0.29, 0.717) is 6.54 Å². The first-order valence-corrected chi connectivity index (χ1v) is 6.51. The molecule has 1 aliphatic heterocycles. The van der Waals surface area contributed by atoms with E-state index in [1.165, 1.54) is 9.25 Å². The Balaban J connectivity index is 1.74. The van der Waals surface area contributed by atoms with Gasteiger partial charge < -0.3 is 4.74 Å². The normalized spacial score (nSPS) is 18.8. The van der Waals surface area contributed by atoms with Gasteiger partial charge in [-0.1, -0.05) is 0 Å². The summed E-state index contributed by atoms with van der Waals surface area (Å²) in [5, 5.41) is 4.14. The molecule has 0 aromatic carbocycles. The van der Waals surface area contributed by atoms with Crippen LogP contribution < -0.4 is 5.69 Å². The highest BCUT2D eigenvalue weighted by atomic mass is 16.5. The second-order valence-corrected chi connectivity index (χ2v) is 4.64. The van der Waals surface area contributed by atoms with E-state index in [2.05, 4.69) is 10.1 Å². The molecular formula is C13H16N4O2. The van der Waals surface area contributed by atoms with E-state index in [-0.39, 0.29) is 11.8 Å². The topological polar surface area (TPSA) is 61.9 Å².